The summed E-state index contributed by atoms with van der Waals surface area (Å²) in [5.41, 5.74) is 0. The fourth-order valence-corrected chi connectivity index (χ4v) is 3.08. The van der Waals surface area contributed by atoms with Gasteiger partial charge in [0, 0.05) is 25.8 Å². The monoisotopic (exact) mass is 304 g/mol. The van der Waals surface area contributed by atoms with Crippen LogP contribution in [-0.2, 0) is 4.74 Å². The number of nitrogens with zero attached hydrogens (tertiary/aromatic N) is 1. The molecule has 98 valence electrons. The fraction of sp³-hybridized carbons (Fsp3) is 0.750. The summed E-state index contributed by atoms with van der Waals surface area (Å²) >= 11 is 0. The third kappa shape index (κ3) is 3.01. The van der Waals surface area contributed by atoms with Crippen molar-refractivity contribution in [2.75, 3.05) is 33.2 Å². The second-order valence-electron chi connectivity index (χ2n) is 4.97. The molecule has 1 unspecified atom stereocenters. The van der Waals surface area contributed by atoms with Crippen molar-refractivity contribution in [3.63, 3.8) is 0 Å². The van der Waals surface area contributed by atoms with Gasteiger partial charge in [0.25, 0.3) is 0 Å². The molecule has 0 aromatic carbocycles. The van der Waals surface area contributed by atoms with E-state index >= 15 is 0 Å². The molecule has 0 aliphatic carbocycles. The summed E-state index contributed by atoms with van der Waals surface area (Å²) < 4.78 is 6.50. The van der Waals surface area contributed by atoms with Crippen LogP contribution in [0, 0.1) is 5.92 Å². The molecular formula is C12H21BrN2O2. The van der Waals surface area contributed by atoms with Gasteiger partial charge in [-0.3, -0.25) is 0 Å². The van der Waals surface area contributed by atoms with Crippen LogP contribution >= 0.6 is 0 Å². The van der Waals surface area contributed by atoms with Gasteiger partial charge >= 0.3 is 6.09 Å². The van der Waals surface area contributed by atoms with Crippen LogP contribution < -0.4 is 22.3 Å². The maximum absolute atomic E-state index is 11.3. The zero-order valence-corrected chi connectivity index (χ0v) is 11.9. The first-order valence-corrected chi connectivity index (χ1v) is 6.03. The molecule has 3 heterocycles. The Balaban J connectivity index is 0.00000144. The van der Waals surface area contributed by atoms with Gasteiger partial charge in [-0.25, -0.2) is 4.79 Å². The van der Waals surface area contributed by atoms with Crippen molar-refractivity contribution in [1.29, 1.82) is 0 Å². The highest BCUT2D eigenvalue weighted by atomic mass is 79.9. The summed E-state index contributed by atoms with van der Waals surface area (Å²) in [7, 11) is 1.61. The molecular weight excluding hydrogens is 284 g/mol. The smallest absolute Gasteiger partial charge is 0.407 e. The summed E-state index contributed by atoms with van der Waals surface area (Å²) in [6, 6.07) is 0. The van der Waals surface area contributed by atoms with E-state index in [1.54, 1.807) is 7.05 Å². The van der Waals surface area contributed by atoms with Crippen LogP contribution in [0.15, 0.2) is 12.7 Å². The number of hydrogen-bond donors (Lipinski definition) is 1. The number of halogens is 1. The molecule has 3 aliphatic heterocycles. The van der Waals surface area contributed by atoms with Crippen LogP contribution in [0.5, 0.6) is 0 Å². The second-order valence-corrected chi connectivity index (χ2v) is 4.97. The van der Waals surface area contributed by atoms with Gasteiger partial charge in [0.2, 0.25) is 0 Å². The molecule has 0 spiro atoms. The molecule has 17 heavy (non-hydrogen) atoms. The predicted octanol–water partition coefficient (Wildman–Crippen LogP) is -1.86. The predicted molar refractivity (Wildman–Crippen MR) is 62.0 cm³/mol. The number of carbonyl (C=O) groups is 1. The molecule has 3 fully saturated rings. The Labute approximate surface area is 113 Å². The molecule has 1 amide bonds. The van der Waals surface area contributed by atoms with Gasteiger partial charge in [-0.15, -0.1) is 0 Å². The first kappa shape index (κ1) is 14.5. The summed E-state index contributed by atoms with van der Waals surface area (Å²) in [6.07, 6.45) is 4.14. The van der Waals surface area contributed by atoms with E-state index in [0.29, 0.717) is 5.92 Å². The van der Waals surface area contributed by atoms with Gasteiger partial charge in [-0.1, -0.05) is 6.58 Å². The zero-order chi connectivity index (χ0) is 11.6. The molecule has 3 rings (SSSR count). The summed E-state index contributed by atoms with van der Waals surface area (Å²) in [5, 5.41) is 2.53. The van der Waals surface area contributed by atoms with Crippen molar-refractivity contribution in [2.24, 2.45) is 5.92 Å². The molecule has 1 atom stereocenters. The molecule has 1 N–H and O–H groups in total. The van der Waals surface area contributed by atoms with E-state index in [2.05, 4.69) is 11.9 Å². The molecule has 2 bridgehead atoms. The van der Waals surface area contributed by atoms with E-state index in [-0.39, 0.29) is 29.2 Å². The Bertz CT molecular complexity index is 288. The van der Waals surface area contributed by atoms with E-state index < -0.39 is 0 Å². The first-order valence-electron chi connectivity index (χ1n) is 6.03. The Morgan fingerprint density at radius 1 is 1.53 bits per heavy atom. The lowest BCUT2D eigenvalue weighted by molar-refractivity contribution is -0.941. The SMILES string of the molecule is C=CC[N+]12CCC(CC1)C(OC(=O)NC)C2.[Br-]. The Kier molecular flexibility index (Phi) is 5.01. The van der Waals surface area contributed by atoms with Gasteiger partial charge in [-0.2, -0.15) is 0 Å². The van der Waals surface area contributed by atoms with Gasteiger partial charge in [0.05, 0.1) is 19.6 Å². The maximum Gasteiger partial charge on any atom is 0.407 e. The van der Waals surface area contributed by atoms with Crippen LogP contribution in [-0.4, -0.2) is 49.9 Å². The third-order valence-corrected chi connectivity index (χ3v) is 4.02. The van der Waals surface area contributed by atoms with Crippen molar-refractivity contribution in [3.8, 4) is 0 Å². The molecule has 5 heteroatoms. The molecule has 3 aliphatic rings. The standard InChI is InChI=1S/C12H20N2O2.BrH/c1-3-6-14-7-4-10(5-8-14)11(9-14)16-12(15)13-2;/h3,10-11H,1,4-9H2,2H3;1H. The largest absolute Gasteiger partial charge is 1.00 e. The number of hydrogen-bond acceptors (Lipinski definition) is 2. The summed E-state index contributed by atoms with van der Waals surface area (Å²) in [5.74, 6) is 0.571. The van der Waals surface area contributed by atoms with Gasteiger partial charge < -0.3 is 31.5 Å². The molecule has 0 aromatic heterocycles. The van der Waals surface area contributed by atoms with Crippen LogP contribution in [0.3, 0.4) is 0 Å². The fourth-order valence-electron chi connectivity index (χ4n) is 3.08. The lowest BCUT2D eigenvalue weighted by Crippen LogP contribution is -3.00. The van der Waals surface area contributed by atoms with E-state index in [4.69, 9.17) is 4.74 Å². The average Bonchev–Trinajstić information content (AvgIpc) is 2.30. The topological polar surface area (TPSA) is 38.3 Å². The van der Waals surface area contributed by atoms with Gasteiger partial charge in [0.15, 0.2) is 6.10 Å². The average molecular weight is 305 g/mol. The third-order valence-electron chi connectivity index (χ3n) is 4.02. The van der Waals surface area contributed by atoms with E-state index in [0.717, 1.165) is 17.6 Å². The Morgan fingerprint density at radius 2 is 2.18 bits per heavy atom. The van der Waals surface area contributed by atoms with Crippen molar-refractivity contribution >= 4 is 6.09 Å². The number of nitrogens with one attached hydrogen (secondary N) is 1. The minimum Gasteiger partial charge on any atom is -1.00 e. The van der Waals surface area contributed by atoms with E-state index in [1.807, 2.05) is 6.08 Å². The zero-order valence-electron chi connectivity index (χ0n) is 10.3. The number of piperidine rings is 3. The van der Waals surface area contributed by atoms with Crippen LogP contribution in [0.25, 0.3) is 0 Å². The van der Waals surface area contributed by atoms with E-state index in [1.165, 1.54) is 25.9 Å². The number of quaternary nitrogens is 1. The van der Waals surface area contributed by atoms with Crippen molar-refractivity contribution < 1.29 is 31.0 Å². The Morgan fingerprint density at radius 3 is 2.71 bits per heavy atom. The lowest BCUT2D eigenvalue weighted by atomic mass is 9.83. The highest BCUT2D eigenvalue weighted by Gasteiger charge is 2.46. The highest BCUT2D eigenvalue weighted by Crippen LogP contribution is 2.35. The summed E-state index contributed by atoms with van der Waals surface area (Å²) in [6.45, 7) is 8.22. The number of fused-ring (bicyclic) bond motifs is 3. The van der Waals surface area contributed by atoms with Crippen molar-refractivity contribution in [1.82, 2.24) is 5.32 Å². The number of ether oxygens (including phenoxy) is 1. The molecule has 0 radical (unpaired) electrons. The van der Waals surface area contributed by atoms with Crippen LogP contribution in [0.2, 0.25) is 0 Å². The summed E-state index contributed by atoms with van der Waals surface area (Å²) in [4.78, 5) is 11.3. The van der Waals surface area contributed by atoms with Crippen molar-refractivity contribution in [2.45, 2.75) is 18.9 Å². The lowest BCUT2D eigenvalue weighted by Gasteiger charge is -2.51. The van der Waals surface area contributed by atoms with Gasteiger partial charge in [0.1, 0.15) is 6.54 Å². The quantitative estimate of drug-likeness (QED) is 0.491. The Hall–Kier alpha value is -0.550. The number of amides is 1. The van der Waals surface area contributed by atoms with Gasteiger partial charge in [-0.05, 0) is 6.08 Å². The van der Waals surface area contributed by atoms with Crippen LogP contribution in [0.1, 0.15) is 12.8 Å². The molecule has 4 nitrogen and oxygen atoms in total. The molecule has 0 aromatic rings. The minimum atomic E-state index is -0.296. The minimum absolute atomic E-state index is 0. The first-order chi connectivity index (χ1) is 7.69. The van der Waals surface area contributed by atoms with Crippen molar-refractivity contribution in [3.05, 3.63) is 12.7 Å². The second kappa shape index (κ2) is 5.87. The van der Waals surface area contributed by atoms with E-state index in [9.17, 15) is 4.79 Å². The normalized spacial score (nSPS) is 34.6. The number of alkyl carbamates (subject to hydrolysis) is 1. The number of carbonyl (C=O) groups excluding carboxylic acids is 1. The number of rotatable bonds is 3. The maximum atomic E-state index is 11.3. The van der Waals surface area contributed by atoms with Crippen LogP contribution in [0.4, 0.5) is 4.79 Å². The highest BCUT2D eigenvalue weighted by molar-refractivity contribution is 5.66. The molecule has 0 saturated carbocycles. The molecule has 3 saturated heterocycles.